The molecule has 0 spiro atoms. The van der Waals surface area contributed by atoms with Crippen LogP contribution in [0.15, 0.2) is 0 Å². The maximum absolute atomic E-state index is 10.4. The highest BCUT2D eigenvalue weighted by atomic mass is 16.7. The van der Waals surface area contributed by atoms with Crippen molar-refractivity contribution in [1.29, 1.82) is 0 Å². The van der Waals surface area contributed by atoms with Gasteiger partial charge in [-0.2, -0.15) is 0 Å². The number of ketones is 1. The number of unbranched alkanes of at least 4 members (excludes halogenated alkanes) is 1. The van der Waals surface area contributed by atoms with Crippen molar-refractivity contribution in [1.82, 2.24) is 0 Å². The Balaban J connectivity index is 3.22. The van der Waals surface area contributed by atoms with E-state index >= 15 is 0 Å². The van der Waals surface area contributed by atoms with Gasteiger partial charge in [-0.1, -0.05) is 0 Å². The van der Waals surface area contributed by atoms with Crippen LogP contribution in [0, 0.1) is 0 Å². The predicted molar refractivity (Wildman–Crippen MR) is 38.5 cm³/mol. The van der Waals surface area contributed by atoms with Crippen molar-refractivity contribution in [2.24, 2.45) is 0 Å². The van der Waals surface area contributed by atoms with Crippen molar-refractivity contribution in [3.8, 4) is 0 Å². The topological polar surface area (TPSA) is 77.8 Å². The molecule has 4 nitrogen and oxygen atoms in total. The van der Waals surface area contributed by atoms with Crippen LogP contribution >= 0.6 is 0 Å². The third kappa shape index (κ3) is 9.55. The number of hydrogen-bond donors (Lipinski definition) is 3. The Morgan fingerprint density at radius 2 is 1.82 bits per heavy atom. The summed E-state index contributed by atoms with van der Waals surface area (Å²) in [4.78, 5) is 10.4. The SMILES string of the molecule is CC(=O)CCCCC(O)(O)O. The van der Waals surface area contributed by atoms with Crippen LogP contribution in [-0.2, 0) is 4.79 Å². The molecule has 0 aliphatic heterocycles. The fourth-order valence-corrected chi connectivity index (χ4v) is 0.736. The van der Waals surface area contributed by atoms with Gasteiger partial charge < -0.3 is 20.1 Å². The molecule has 0 amide bonds. The lowest BCUT2D eigenvalue weighted by atomic mass is 10.1. The summed E-state index contributed by atoms with van der Waals surface area (Å²) in [6, 6.07) is 0. The molecule has 0 saturated heterocycles. The van der Waals surface area contributed by atoms with Crippen molar-refractivity contribution < 1.29 is 20.1 Å². The molecule has 0 aromatic carbocycles. The Morgan fingerprint density at radius 1 is 1.27 bits per heavy atom. The van der Waals surface area contributed by atoms with E-state index in [0.29, 0.717) is 19.3 Å². The van der Waals surface area contributed by atoms with Gasteiger partial charge in [0.2, 0.25) is 0 Å². The molecule has 0 fully saturated rings. The smallest absolute Gasteiger partial charge is 0.275 e. The van der Waals surface area contributed by atoms with Crippen molar-refractivity contribution >= 4 is 5.78 Å². The quantitative estimate of drug-likeness (QED) is 0.385. The maximum Gasteiger partial charge on any atom is 0.275 e. The molecule has 0 aromatic rings. The van der Waals surface area contributed by atoms with Gasteiger partial charge >= 0.3 is 0 Å². The van der Waals surface area contributed by atoms with Crippen molar-refractivity contribution in [2.75, 3.05) is 0 Å². The zero-order chi connectivity index (χ0) is 8.91. The third-order valence-electron chi connectivity index (χ3n) is 1.29. The fourth-order valence-electron chi connectivity index (χ4n) is 0.736. The summed E-state index contributed by atoms with van der Waals surface area (Å²) in [6.45, 7) is 1.48. The summed E-state index contributed by atoms with van der Waals surface area (Å²) >= 11 is 0. The number of rotatable bonds is 5. The molecular weight excluding hydrogens is 148 g/mol. The summed E-state index contributed by atoms with van der Waals surface area (Å²) in [5.41, 5.74) is 0. The first-order valence-corrected chi connectivity index (χ1v) is 3.58. The number of carbonyl (C=O) groups excluding carboxylic acids is 1. The van der Waals surface area contributed by atoms with Crippen LogP contribution in [-0.4, -0.2) is 27.1 Å². The second-order valence-corrected chi connectivity index (χ2v) is 2.68. The molecule has 4 heteroatoms. The first kappa shape index (κ1) is 10.6. The largest absolute Gasteiger partial charge is 0.344 e. The first-order chi connectivity index (χ1) is 4.92. The van der Waals surface area contributed by atoms with E-state index in [1.807, 2.05) is 0 Å². The van der Waals surface area contributed by atoms with Crippen LogP contribution in [0.25, 0.3) is 0 Å². The van der Waals surface area contributed by atoms with Crippen LogP contribution in [0.1, 0.15) is 32.6 Å². The van der Waals surface area contributed by atoms with E-state index in [2.05, 4.69) is 0 Å². The molecule has 0 bridgehead atoms. The number of aliphatic hydroxyl groups is 3. The van der Waals surface area contributed by atoms with E-state index in [4.69, 9.17) is 15.3 Å². The number of Topliss-reactive ketones (excluding diaryl/α,β-unsaturated/α-hetero) is 1. The van der Waals surface area contributed by atoms with E-state index in [1.54, 1.807) is 0 Å². The van der Waals surface area contributed by atoms with Gasteiger partial charge in [0.15, 0.2) is 0 Å². The molecule has 0 unspecified atom stereocenters. The Labute approximate surface area is 65.5 Å². The molecule has 3 N–H and O–H groups in total. The van der Waals surface area contributed by atoms with Gasteiger partial charge in [0, 0.05) is 12.8 Å². The number of carbonyl (C=O) groups is 1. The molecule has 0 rings (SSSR count). The predicted octanol–water partition coefficient (Wildman–Crippen LogP) is -0.233. The lowest BCUT2D eigenvalue weighted by molar-refractivity contribution is -0.315. The lowest BCUT2D eigenvalue weighted by Gasteiger charge is -2.12. The summed E-state index contributed by atoms with van der Waals surface area (Å²) in [6.07, 6.45) is 1.33. The highest BCUT2D eigenvalue weighted by Gasteiger charge is 2.16. The fraction of sp³-hybridized carbons (Fsp3) is 0.857. The summed E-state index contributed by atoms with van der Waals surface area (Å²) in [7, 11) is 0. The van der Waals surface area contributed by atoms with Gasteiger partial charge in [-0.3, -0.25) is 0 Å². The van der Waals surface area contributed by atoms with E-state index < -0.39 is 5.97 Å². The summed E-state index contributed by atoms with van der Waals surface area (Å²) in [5.74, 6) is -2.50. The molecule has 0 saturated carbocycles. The maximum atomic E-state index is 10.4. The normalized spacial score (nSPS) is 11.6. The zero-order valence-electron chi connectivity index (χ0n) is 6.58. The average molecular weight is 162 g/mol. The minimum Gasteiger partial charge on any atom is -0.344 e. The zero-order valence-corrected chi connectivity index (χ0v) is 6.58. The second kappa shape index (κ2) is 4.43. The molecule has 0 aliphatic rings. The van der Waals surface area contributed by atoms with Gasteiger partial charge in [0.25, 0.3) is 5.97 Å². The summed E-state index contributed by atoms with van der Waals surface area (Å²) < 4.78 is 0. The monoisotopic (exact) mass is 162 g/mol. The van der Waals surface area contributed by atoms with E-state index in [0.717, 1.165) is 0 Å². The highest BCUT2D eigenvalue weighted by Crippen LogP contribution is 2.08. The summed E-state index contributed by atoms with van der Waals surface area (Å²) in [5, 5.41) is 25.2. The lowest BCUT2D eigenvalue weighted by Crippen LogP contribution is -2.26. The highest BCUT2D eigenvalue weighted by molar-refractivity contribution is 5.75. The van der Waals surface area contributed by atoms with Crippen LogP contribution in [0.3, 0.4) is 0 Å². The Morgan fingerprint density at radius 3 is 2.18 bits per heavy atom. The second-order valence-electron chi connectivity index (χ2n) is 2.68. The number of hydrogen-bond acceptors (Lipinski definition) is 4. The van der Waals surface area contributed by atoms with Crippen LogP contribution < -0.4 is 0 Å². The van der Waals surface area contributed by atoms with Gasteiger partial charge in [-0.25, -0.2) is 0 Å². The Bertz CT molecular complexity index is 125. The molecule has 11 heavy (non-hydrogen) atoms. The van der Waals surface area contributed by atoms with Crippen LogP contribution in [0.4, 0.5) is 0 Å². The molecule has 0 aliphatic carbocycles. The minimum atomic E-state index is -2.57. The van der Waals surface area contributed by atoms with Gasteiger partial charge in [-0.15, -0.1) is 0 Å². The Kier molecular flexibility index (Phi) is 4.25. The Hall–Kier alpha value is -0.450. The molecule has 0 radical (unpaired) electrons. The standard InChI is InChI=1S/C7H14O4/c1-6(8)4-2-3-5-7(9,10)11/h9-11H,2-5H2,1H3. The molecule has 0 aromatic heterocycles. The minimum absolute atomic E-state index is 0.0735. The van der Waals surface area contributed by atoms with Gasteiger partial charge in [0.05, 0.1) is 0 Å². The third-order valence-corrected chi connectivity index (χ3v) is 1.29. The van der Waals surface area contributed by atoms with E-state index in [9.17, 15) is 4.79 Å². The van der Waals surface area contributed by atoms with Crippen molar-refractivity contribution in [3.63, 3.8) is 0 Å². The van der Waals surface area contributed by atoms with E-state index in [-0.39, 0.29) is 12.2 Å². The first-order valence-electron chi connectivity index (χ1n) is 3.58. The molecule has 0 heterocycles. The van der Waals surface area contributed by atoms with Gasteiger partial charge in [0.1, 0.15) is 5.78 Å². The van der Waals surface area contributed by atoms with Crippen LogP contribution in [0.5, 0.6) is 0 Å². The molecule has 0 atom stereocenters. The molecular formula is C7H14O4. The van der Waals surface area contributed by atoms with Crippen molar-refractivity contribution in [2.45, 2.75) is 38.6 Å². The molecule has 66 valence electrons. The van der Waals surface area contributed by atoms with Gasteiger partial charge in [-0.05, 0) is 19.8 Å². The van der Waals surface area contributed by atoms with Crippen LogP contribution in [0.2, 0.25) is 0 Å². The average Bonchev–Trinajstić information content (AvgIpc) is 1.78. The van der Waals surface area contributed by atoms with Crippen molar-refractivity contribution in [3.05, 3.63) is 0 Å². The van der Waals surface area contributed by atoms with E-state index in [1.165, 1.54) is 6.92 Å².